The van der Waals surface area contributed by atoms with Crippen LogP contribution in [0.15, 0.2) is 30.5 Å². The van der Waals surface area contributed by atoms with Gasteiger partial charge in [-0.05, 0) is 25.0 Å². The molecule has 0 aromatic carbocycles. The summed E-state index contributed by atoms with van der Waals surface area (Å²) in [7, 11) is 0. The summed E-state index contributed by atoms with van der Waals surface area (Å²) in [5.74, 6) is -0.758. The lowest BCUT2D eigenvalue weighted by Crippen LogP contribution is -2.51. The molecule has 1 N–H and O–H groups in total. The number of carbonyl (C=O) groups is 1. The van der Waals surface area contributed by atoms with Crippen molar-refractivity contribution in [1.82, 2.24) is 14.8 Å². The first-order valence-corrected chi connectivity index (χ1v) is 8.38. The number of rotatable bonds is 7. The molecular weight excluding hydrogens is 290 g/mol. The molecule has 23 heavy (non-hydrogen) atoms. The first-order chi connectivity index (χ1) is 11.1. The lowest BCUT2D eigenvalue weighted by atomic mass is 10.1. The largest absolute Gasteiger partial charge is 0.480 e. The van der Waals surface area contributed by atoms with Crippen molar-refractivity contribution >= 4 is 5.97 Å². The van der Waals surface area contributed by atoms with E-state index >= 15 is 0 Å². The van der Waals surface area contributed by atoms with Crippen molar-refractivity contribution in [2.45, 2.75) is 39.3 Å². The van der Waals surface area contributed by atoms with Crippen LogP contribution in [0.25, 0.3) is 0 Å². The van der Waals surface area contributed by atoms with Gasteiger partial charge in [0.1, 0.15) is 6.04 Å². The van der Waals surface area contributed by atoms with Gasteiger partial charge in [-0.25, -0.2) is 0 Å². The summed E-state index contributed by atoms with van der Waals surface area (Å²) >= 11 is 0. The highest BCUT2D eigenvalue weighted by atomic mass is 16.4. The van der Waals surface area contributed by atoms with Gasteiger partial charge >= 0.3 is 5.97 Å². The molecule has 0 saturated carbocycles. The maximum atomic E-state index is 11.5. The minimum absolute atomic E-state index is 0.500. The Hall–Kier alpha value is -1.72. The SMILES string of the molecule is CCC/C=C/C(C(=O)O)N1CCN(Cc2ncccc2C)CC1. The smallest absolute Gasteiger partial charge is 0.324 e. The summed E-state index contributed by atoms with van der Waals surface area (Å²) in [5.41, 5.74) is 2.32. The number of aromatic nitrogens is 1. The highest BCUT2D eigenvalue weighted by Gasteiger charge is 2.26. The summed E-state index contributed by atoms with van der Waals surface area (Å²) in [6, 6.07) is 3.54. The molecule has 1 aliphatic heterocycles. The van der Waals surface area contributed by atoms with Crippen LogP contribution in [0.3, 0.4) is 0 Å². The van der Waals surface area contributed by atoms with E-state index in [1.54, 1.807) is 0 Å². The van der Waals surface area contributed by atoms with E-state index in [1.165, 1.54) is 5.56 Å². The quantitative estimate of drug-likeness (QED) is 0.782. The fraction of sp³-hybridized carbons (Fsp3) is 0.556. The predicted octanol–water partition coefficient (Wildman–Crippen LogP) is 2.32. The number of aliphatic carboxylic acids is 1. The number of carboxylic acids is 1. The van der Waals surface area contributed by atoms with Crippen LogP contribution >= 0.6 is 0 Å². The van der Waals surface area contributed by atoms with Crippen LogP contribution in [0.5, 0.6) is 0 Å². The zero-order chi connectivity index (χ0) is 16.7. The van der Waals surface area contributed by atoms with Gasteiger partial charge in [-0.15, -0.1) is 0 Å². The van der Waals surface area contributed by atoms with Crippen LogP contribution in [-0.2, 0) is 11.3 Å². The van der Waals surface area contributed by atoms with Crippen molar-refractivity contribution in [2.24, 2.45) is 0 Å². The Balaban J connectivity index is 1.89. The molecule has 0 bridgehead atoms. The van der Waals surface area contributed by atoms with Crippen molar-refractivity contribution in [3.05, 3.63) is 41.7 Å². The monoisotopic (exact) mass is 317 g/mol. The summed E-state index contributed by atoms with van der Waals surface area (Å²) < 4.78 is 0. The molecule has 1 fully saturated rings. The fourth-order valence-corrected chi connectivity index (χ4v) is 2.85. The molecule has 1 atom stereocenters. The molecule has 1 saturated heterocycles. The molecule has 5 heteroatoms. The minimum Gasteiger partial charge on any atom is -0.480 e. The van der Waals surface area contributed by atoms with Crippen molar-refractivity contribution in [3.8, 4) is 0 Å². The zero-order valence-electron chi connectivity index (χ0n) is 14.1. The number of nitrogens with zero attached hydrogens (tertiary/aromatic N) is 3. The van der Waals surface area contributed by atoms with Crippen LogP contribution in [0, 0.1) is 6.92 Å². The van der Waals surface area contributed by atoms with Gasteiger partial charge in [-0.2, -0.15) is 0 Å². The van der Waals surface area contributed by atoms with Crippen LogP contribution < -0.4 is 0 Å². The van der Waals surface area contributed by atoms with Crippen LogP contribution in [0.2, 0.25) is 0 Å². The normalized spacial score (nSPS) is 18.3. The highest BCUT2D eigenvalue weighted by Crippen LogP contribution is 2.13. The van der Waals surface area contributed by atoms with Crippen LogP contribution in [-0.4, -0.2) is 58.1 Å². The molecular formula is C18H27N3O2. The number of hydrogen-bond donors (Lipinski definition) is 1. The average molecular weight is 317 g/mol. The molecule has 126 valence electrons. The van der Waals surface area contributed by atoms with Crippen molar-refractivity contribution in [3.63, 3.8) is 0 Å². The lowest BCUT2D eigenvalue weighted by molar-refractivity contribution is -0.142. The van der Waals surface area contributed by atoms with Crippen molar-refractivity contribution in [1.29, 1.82) is 0 Å². The van der Waals surface area contributed by atoms with Crippen molar-refractivity contribution < 1.29 is 9.90 Å². The Bertz CT molecular complexity index is 537. The van der Waals surface area contributed by atoms with Crippen molar-refractivity contribution in [2.75, 3.05) is 26.2 Å². The highest BCUT2D eigenvalue weighted by molar-refractivity contribution is 5.75. The van der Waals surface area contributed by atoms with Gasteiger partial charge in [-0.3, -0.25) is 19.6 Å². The van der Waals surface area contributed by atoms with E-state index in [9.17, 15) is 9.90 Å². The van der Waals surface area contributed by atoms with Gasteiger partial charge in [0.15, 0.2) is 0 Å². The second-order valence-electron chi connectivity index (χ2n) is 6.08. The van der Waals surface area contributed by atoms with E-state index in [0.717, 1.165) is 51.3 Å². The third-order valence-corrected chi connectivity index (χ3v) is 4.32. The second kappa shape index (κ2) is 8.79. The number of allylic oxidation sites excluding steroid dienone is 1. The van der Waals surface area contributed by atoms with Crippen LogP contribution in [0.1, 0.15) is 31.0 Å². The number of unbranched alkanes of at least 4 members (excludes halogenated alkanes) is 1. The number of hydrogen-bond acceptors (Lipinski definition) is 4. The summed E-state index contributed by atoms with van der Waals surface area (Å²) in [6.45, 7) is 8.32. The molecule has 0 aliphatic carbocycles. The van der Waals surface area contributed by atoms with Gasteiger partial charge in [0.2, 0.25) is 0 Å². The van der Waals surface area contributed by atoms with Gasteiger partial charge in [0, 0.05) is 38.9 Å². The van der Waals surface area contributed by atoms with Gasteiger partial charge in [-0.1, -0.05) is 31.6 Å². The first-order valence-electron chi connectivity index (χ1n) is 8.38. The average Bonchev–Trinajstić information content (AvgIpc) is 2.54. The van der Waals surface area contributed by atoms with E-state index in [2.05, 4.69) is 34.7 Å². The third kappa shape index (κ3) is 5.15. The molecule has 0 amide bonds. The molecule has 2 heterocycles. The zero-order valence-corrected chi connectivity index (χ0v) is 14.1. The van der Waals surface area contributed by atoms with E-state index < -0.39 is 12.0 Å². The predicted molar refractivity (Wildman–Crippen MR) is 91.3 cm³/mol. The molecule has 0 radical (unpaired) electrons. The number of aryl methyl sites for hydroxylation is 1. The van der Waals surface area contributed by atoms with E-state index in [1.807, 2.05) is 24.4 Å². The molecule has 1 aromatic heterocycles. The van der Waals surface area contributed by atoms with E-state index in [4.69, 9.17) is 0 Å². The topological polar surface area (TPSA) is 56.7 Å². The fourth-order valence-electron chi connectivity index (χ4n) is 2.85. The minimum atomic E-state index is -0.758. The second-order valence-corrected chi connectivity index (χ2v) is 6.08. The third-order valence-electron chi connectivity index (χ3n) is 4.32. The summed E-state index contributed by atoms with van der Waals surface area (Å²) in [4.78, 5) is 20.3. The maximum Gasteiger partial charge on any atom is 0.324 e. The summed E-state index contributed by atoms with van der Waals surface area (Å²) in [6.07, 6.45) is 7.63. The number of piperazine rings is 1. The Morgan fingerprint density at radius 1 is 1.39 bits per heavy atom. The standard InChI is InChI=1S/C18H27N3O2/c1-3-4-5-8-17(18(22)23)21-12-10-20(11-13-21)14-16-15(2)7-6-9-19-16/h5-9,17H,3-4,10-14H2,1-2H3,(H,22,23)/b8-5+. The maximum absolute atomic E-state index is 11.5. The molecule has 0 spiro atoms. The Morgan fingerprint density at radius 2 is 2.13 bits per heavy atom. The van der Waals surface area contributed by atoms with Gasteiger partial charge in [0.05, 0.1) is 5.69 Å². The van der Waals surface area contributed by atoms with Gasteiger partial charge in [0.25, 0.3) is 0 Å². The summed E-state index contributed by atoms with van der Waals surface area (Å²) in [5, 5.41) is 9.45. The molecule has 2 rings (SSSR count). The molecule has 1 unspecified atom stereocenters. The Morgan fingerprint density at radius 3 is 2.74 bits per heavy atom. The van der Waals surface area contributed by atoms with Gasteiger partial charge < -0.3 is 5.11 Å². The Labute approximate surface area is 138 Å². The lowest BCUT2D eigenvalue weighted by Gasteiger charge is -2.36. The number of carboxylic acid groups (broad SMARTS) is 1. The molecule has 1 aliphatic rings. The van der Waals surface area contributed by atoms with E-state index in [0.29, 0.717) is 0 Å². The number of pyridine rings is 1. The van der Waals surface area contributed by atoms with Crippen LogP contribution in [0.4, 0.5) is 0 Å². The first kappa shape index (κ1) is 17.6. The molecule has 1 aromatic rings. The Kier molecular flexibility index (Phi) is 6.74. The van der Waals surface area contributed by atoms with E-state index in [-0.39, 0.29) is 0 Å². The molecule has 5 nitrogen and oxygen atoms in total.